The first-order valence-electron chi connectivity index (χ1n) is 9.43. The van der Waals surface area contributed by atoms with Crippen LogP contribution in [0.15, 0.2) is 6.33 Å². The Balaban J connectivity index is 1.53. The van der Waals surface area contributed by atoms with Crippen molar-refractivity contribution in [2.45, 2.75) is 19.3 Å². The number of nitrogens with one attached hydrogen (secondary N) is 1. The zero-order valence-corrected chi connectivity index (χ0v) is 15.0. The van der Waals surface area contributed by atoms with Crippen LogP contribution in [0.2, 0.25) is 0 Å². The molecular weight excluding hydrogens is 318 g/mol. The zero-order chi connectivity index (χ0) is 17.5. The summed E-state index contributed by atoms with van der Waals surface area (Å²) in [5.74, 6) is 1.55. The highest BCUT2D eigenvalue weighted by molar-refractivity contribution is 5.75. The van der Waals surface area contributed by atoms with Gasteiger partial charge in [-0.2, -0.15) is 0 Å². The molecule has 0 amide bonds. The van der Waals surface area contributed by atoms with Crippen LogP contribution in [0.3, 0.4) is 0 Å². The summed E-state index contributed by atoms with van der Waals surface area (Å²) in [6, 6.07) is 0. The van der Waals surface area contributed by atoms with Crippen molar-refractivity contribution >= 4 is 17.3 Å². The van der Waals surface area contributed by atoms with Gasteiger partial charge in [0, 0.05) is 45.8 Å². The lowest BCUT2D eigenvalue weighted by Crippen LogP contribution is -2.47. The highest BCUT2D eigenvalue weighted by Crippen LogP contribution is 2.26. The minimum Gasteiger partial charge on any atom is -0.395 e. The SMILES string of the molecule is Nc1c(NCCN2CCCCC2)ncnc1N1CCN(CCO)CC1. The second kappa shape index (κ2) is 9.17. The van der Waals surface area contributed by atoms with Crippen LogP contribution in [-0.2, 0) is 0 Å². The van der Waals surface area contributed by atoms with Gasteiger partial charge in [-0.1, -0.05) is 6.42 Å². The van der Waals surface area contributed by atoms with Gasteiger partial charge in [0.2, 0.25) is 0 Å². The molecule has 1 aromatic rings. The lowest BCUT2D eigenvalue weighted by Gasteiger charge is -2.35. The molecule has 0 aromatic carbocycles. The largest absolute Gasteiger partial charge is 0.395 e. The van der Waals surface area contributed by atoms with E-state index in [1.165, 1.54) is 32.4 Å². The van der Waals surface area contributed by atoms with Crippen molar-refractivity contribution < 1.29 is 5.11 Å². The van der Waals surface area contributed by atoms with Gasteiger partial charge in [0.05, 0.1) is 6.61 Å². The van der Waals surface area contributed by atoms with E-state index < -0.39 is 0 Å². The smallest absolute Gasteiger partial charge is 0.157 e. The van der Waals surface area contributed by atoms with Crippen molar-refractivity contribution in [2.75, 3.05) is 81.5 Å². The van der Waals surface area contributed by atoms with Gasteiger partial charge >= 0.3 is 0 Å². The fourth-order valence-corrected chi connectivity index (χ4v) is 3.62. The maximum Gasteiger partial charge on any atom is 0.157 e. The summed E-state index contributed by atoms with van der Waals surface area (Å²) < 4.78 is 0. The Bertz CT molecular complexity index is 528. The van der Waals surface area contributed by atoms with E-state index in [2.05, 4.69) is 30.0 Å². The lowest BCUT2D eigenvalue weighted by atomic mass is 10.1. The Morgan fingerprint density at radius 3 is 2.40 bits per heavy atom. The molecule has 0 spiro atoms. The minimum absolute atomic E-state index is 0.209. The summed E-state index contributed by atoms with van der Waals surface area (Å²) in [5, 5.41) is 12.4. The van der Waals surface area contributed by atoms with Gasteiger partial charge in [-0.3, -0.25) is 4.90 Å². The Hall–Kier alpha value is -1.64. The van der Waals surface area contributed by atoms with Crippen molar-refractivity contribution in [1.29, 1.82) is 0 Å². The van der Waals surface area contributed by atoms with E-state index in [4.69, 9.17) is 10.8 Å². The maximum absolute atomic E-state index is 9.05. The van der Waals surface area contributed by atoms with Gasteiger partial charge in [0.15, 0.2) is 11.6 Å². The topological polar surface area (TPSA) is 93.8 Å². The number of nitrogen functional groups attached to an aromatic ring is 1. The average Bonchev–Trinajstić information content (AvgIpc) is 2.65. The zero-order valence-electron chi connectivity index (χ0n) is 15.0. The molecule has 2 aliphatic rings. The summed E-state index contributed by atoms with van der Waals surface area (Å²) in [5.41, 5.74) is 6.97. The molecule has 0 unspecified atom stereocenters. The van der Waals surface area contributed by atoms with E-state index in [0.29, 0.717) is 5.69 Å². The fourth-order valence-electron chi connectivity index (χ4n) is 3.62. The molecule has 0 bridgehead atoms. The first-order valence-corrected chi connectivity index (χ1v) is 9.43. The number of aromatic nitrogens is 2. The van der Waals surface area contributed by atoms with Gasteiger partial charge in [-0.05, 0) is 25.9 Å². The van der Waals surface area contributed by atoms with Crippen LogP contribution in [-0.4, -0.2) is 90.4 Å². The first-order chi connectivity index (χ1) is 12.3. The van der Waals surface area contributed by atoms with Crippen molar-refractivity contribution in [3.8, 4) is 0 Å². The molecule has 140 valence electrons. The second-order valence-corrected chi connectivity index (χ2v) is 6.84. The van der Waals surface area contributed by atoms with Crippen LogP contribution in [0.25, 0.3) is 0 Å². The molecule has 3 heterocycles. The molecule has 25 heavy (non-hydrogen) atoms. The van der Waals surface area contributed by atoms with Crippen LogP contribution in [0.4, 0.5) is 17.3 Å². The van der Waals surface area contributed by atoms with E-state index in [0.717, 1.165) is 57.4 Å². The molecule has 0 aliphatic carbocycles. The van der Waals surface area contributed by atoms with E-state index in [-0.39, 0.29) is 6.61 Å². The van der Waals surface area contributed by atoms with Crippen LogP contribution < -0.4 is 16.0 Å². The number of piperidine rings is 1. The number of anilines is 3. The summed E-state index contributed by atoms with van der Waals surface area (Å²) in [4.78, 5) is 15.7. The number of aliphatic hydroxyl groups is 1. The van der Waals surface area contributed by atoms with E-state index in [1.54, 1.807) is 6.33 Å². The molecule has 4 N–H and O–H groups in total. The third-order valence-corrected chi connectivity index (χ3v) is 5.12. The molecule has 2 fully saturated rings. The lowest BCUT2D eigenvalue weighted by molar-refractivity contribution is 0.188. The van der Waals surface area contributed by atoms with Gasteiger partial charge < -0.3 is 26.0 Å². The molecule has 8 nitrogen and oxygen atoms in total. The van der Waals surface area contributed by atoms with Crippen LogP contribution in [0.5, 0.6) is 0 Å². The Labute approximate surface area is 150 Å². The predicted molar refractivity (Wildman–Crippen MR) is 101 cm³/mol. The number of nitrogens with zero attached hydrogens (tertiary/aromatic N) is 5. The first kappa shape index (κ1) is 18.2. The highest BCUT2D eigenvalue weighted by Gasteiger charge is 2.21. The number of aliphatic hydroxyl groups excluding tert-OH is 1. The third kappa shape index (κ3) is 4.93. The number of nitrogens with two attached hydrogens (primary N) is 1. The molecule has 3 rings (SSSR count). The maximum atomic E-state index is 9.05. The summed E-state index contributed by atoms with van der Waals surface area (Å²) in [7, 11) is 0. The number of piperazine rings is 1. The summed E-state index contributed by atoms with van der Waals surface area (Å²) in [6.07, 6.45) is 5.57. The number of rotatable bonds is 7. The molecule has 8 heteroatoms. The Morgan fingerprint density at radius 1 is 0.960 bits per heavy atom. The number of hydrogen-bond acceptors (Lipinski definition) is 8. The standard InChI is InChI=1S/C17H31N7O/c18-15-16(19-4-7-22-5-2-1-3-6-22)20-14-21-17(15)24-10-8-23(9-11-24)12-13-25/h14,25H,1-13,18H2,(H,19,20,21). The van der Waals surface area contributed by atoms with Crippen molar-refractivity contribution in [2.24, 2.45) is 0 Å². The highest BCUT2D eigenvalue weighted by atomic mass is 16.3. The molecule has 2 saturated heterocycles. The predicted octanol–water partition coefficient (Wildman–Crippen LogP) is 0.0709. The molecule has 0 radical (unpaired) electrons. The summed E-state index contributed by atoms with van der Waals surface area (Å²) >= 11 is 0. The number of β-amino-alcohol motifs (C(OH)–C–C–N with tert-alkyl or cyclic N) is 1. The van der Waals surface area contributed by atoms with Gasteiger partial charge in [-0.25, -0.2) is 9.97 Å². The van der Waals surface area contributed by atoms with Gasteiger partial charge in [-0.15, -0.1) is 0 Å². The minimum atomic E-state index is 0.209. The van der Waals surface area contributed by atoms with Crippen molar-refractivity contribution in [3.05, 3.63) is 6.33 Å². The number of likely N-dealkylation sites (tertiary alicyclic amines) is 1. The Kier molecular flexibility index (Phi) is 6.66. The normalized spacial score (nSPS) is 20.0. The monoisotopic (exact) mass is 349 g/mol. The van der Waals surface area contributed by atoms with Gasteiger partial charge in [0.25, 0.3) is 0 Å². The quantitative estimate of drug-likeness (QED) is 0.637. The van der Waals surface area contributed by atoms with E-state index in [9.17, 15) is 0 Å². The van der Waals surface area contributed by atoms with E-state index in [1.807, 2.05) is 0 Å². The van der Waals surface area contributed by atoms with Gasteiger partial charge in [0.1, 0.15) is 12.0 Å². The van der Waals surface area contributed by atoms with Crippen LogP contribution in [0, 0.1) is 0 Å². The molecule has 0 saturated carbocycles. The molecular formula is C17H31N7O. The van der Waals surface area contributed by atoms with Crippen LogP contribution >= 0.6 is 0 Å². The second-order valence-electron chi connectivity index (χ2n) is 6.84. The number of hydrogen-bond donors (Lipinski definition) is 3. The average molecular weight is 349 g/mol. The van der Waals surface area contributed by atoms with Crippen LogP contribution in [0.1, 0.15) is 19.3 Å². The van der Waals surface area contributed by atoms with Crippen molar-refractivity contribution in [1.82, 2.24) is 19.8 Å². The fraction of sp³-hybridized carbons (Fsp3) is 0.765. The molecule has 2 aliphatic heterocycles. The summed E-state index contributed by atoms with van der Waals surface area (Å²) in [6.45, 7) is 8.79. The molecule has 0 atom stereocenters. The molecule has 1 aromatic heterocycles. The third-order valence-electron chi connectivity index (χ3n) is 5.12. The van der Waals surface area contributed by atoms with E-state index >= 15 is 0 Å². The Morgan fingerprint density at radius 2 is 1.68 bits per heavy atom. The van der Waals surface area contributed by atoms with Crippen molar-refractivity contribution in [3.63, 3.8) is 0 Å².